The Morgan fingerprint density at radius 1 is 1.06 bits per heavy atom. The van der Waals surface area contributed by atoms with Crippen molar-refractivity contribution in [1.29, 1.82) is 0 Å². The van der Waals surface area contributed by atoms with Crippen LogP contribution < -0.4 is 16.6 Å². The Morgan fingerprint density at radius 3 is 2.41 bits per heavy atom. The largest absolute Gasteiger partial charge is 0.368 e. The fourth-order valence-electron chi connectivity index (χ4n) is 3.31. The van der Waals surface area contributed by atoms with E-state index >= 15 is 0 Å². The SMILES string of the molecule is Cc1c(NC(=O)Cn2c(N)nnc2SCc2ccccc2)c(=O)n(-c2ccccc2)n1C. The van der Waals surface area contributed by atoms with Gasteiger partial charge in [-0.05, 0) is 24.6 Å². The van der Waals surface area contributed by atoms with Crippen LogP contribution >= 0.6 is 11.8 Å². The number of nitrogen functional groups attached to an aromatic ring is 1. The van der Waals surface area contributed by atoms with Crippen molar-refractivity contribution in [2.24, 2.45) is 7.05 Å². The predicted octanol–water partition coefficient (Wildman–Crippen LogP) is 2.59. The molecule has 2 aromatic heterocycles. The molecule has 0 aliphatic heterocycles. The number of nitrogens with two attached hydrogens (primary N) is 1. The quantitative estimate of drug-likeness (QED) is 0.419. The summed E-state index contributed by atoms with van der Waals surface area (Å²) in [4.78, 5) is 25.8. The summed E-state index contributed by atoms with van der Waals surface area (Å²) in [6.07, 6.45) is 0. The molecule has 4 aromatic rings. The monoisotopic (exact) mass is 449 g/mol. The lowest BCUT2D eigenvalue weighted by atomic mass is 10.2. The summed E-state index contributed by atoms with van der Waals surface area (Å²) in [6.45, 7) is 1.68. The highest BCUT2D eigenvalue weighted by Crippen LogP contribution is 2.23. The second-order valence-electron chi connectivity index (χ2n) is 7.19. The number of nitrogens with one attached hydrogen (secondary N) is 1. The molecule has 10 heteroatoms. The van der Waals surface area contributed by atoms with Gasteiger partial charge in [0.1, 0.15) is 12.2 Å². The molecule has 9 nitrogen and oxygen atoms in total. The number of carbonyl (C=O) groups excluding carboxylic acids is 1. The number of hydrogen-bond donors (Lipinski definition) is 2. The molecule has 0 unspecified atom stereocenters. The van der Waals surface area contributed by atoms with Gasteiger partial charge in [-0.3, -0.25) is 18.8 Å². The Kier molecular flexibility index (Phi) is 6.13. The van der Waals surface area contributed by atoms with Crippen molar-refractivity contribution in [3.8, 4) is 5.69 Å². The number of carbonyl (C=O) groups is 1. The molecular formula is C22H23N7O2S. The molecule has 0 saturated heterocycles. The average Bonchev–Trinajstić information content (AvgIpc) is 3.25. The first kappa shape index (κ1) is 21.4. The minimum absolute atomic E-state index is 0.102. The molecule has 3 N–H and O–H groups in total. The molecule has 164 valence electrons. The average molecular weight is 450 g/mol. The minimum Gasteiger partial charge on any atom is -0.368 e. The molecule has 0 saturated carbocycles. The van der Waals surface area contributed by atoms with Gasteiger partial charge in [0.25, 0.3) is 5.56 Å². The molecule has 1 amide bonds. The van der Waals surface area contributed by atoms with Crippen LogP contribution in [-0.4, -0.2) is 30.0 Å². The Balaban J connectivity index is 1.52. The first-order chi connectivity index (χ1) is 15.5. The second kappa shape index (κ2) is 9.15. The first-order valence-electron chi connectivity index (χ1n) is 9.95. The van der Waals surface area contributed by atoms with Crippen LogP contribution in [0.4, 0.5) is 11.6 Å². The minimum atomic E-state index is -0.385. The summed E-state index contributed by atoms with van der Waals surface area (Å²) in [6, 6.07) is 19.2. The zero-order valence-corrected chi connectivity index (χ0v) is 18.5. The molecule has 0 aliphatic rings. The van der Waals surface area contributed by atoms with Crippen molar-refractivity contribution in [2.45, 2.75) is 24.4 Å². The third kappa shape index (κ3) is 4.30. The van der Waals surface area contributed by atoms with Gasteiger partial charge in [-0.25, -0.2) is 4.68 Å². The van der Waals surface area contributed by atoms with Crippen LogP contribution in [0.15, 0.2) is 70.6 Å². The number of aromatic nitrogens is 5. The highest BCUT2D eigenvalue weighted by molar-refractivity contribution is 7.98. The third-order valence-corrected chi connectivity index (χ3v) is 6.11. The smallest absolute Gasteiger partial charge is 0.295 e. The Hall–Kier alpha value is -3.79. The van der Waals surface area contributed by atoms with Gasteiger partial charge >= 0.3 is 0 Å². The van der Waals surface area contributed by atoms with Gasteiger partial charge in [0.2, 0.25) is 11.9 Å². The van der Waals surface area contributed by atoms with E-state index in [1.54, 1.807) is 18.7 Å². The number of benzene rings is 2. The Morgan fingerprint density at radius 2 is 1.72 bits per heavy atom. The summed E-state index contributed by atoms with van der Waals surface area (Å²) in [7, 11) is 1.77. The number of hydrogen-bond acceptors (Lipinski definition) is 6. The van der Waals surface area contributed by atoms with Gasteiger partial charge in [-0.15, -0.1) is 10.2 Å². The number of rotatable bonds is 7. The van der Waals surface area contributed by atoms with Crippen LogP contribution in [0.2, 0.25) is 0 Å². The standard InChI is InChI=1S/C22H23N7O2S/c1-15-19(20(31)29(27(15)2)17-11-7-4-8-12-17)24-18(30)13-28-21(23)25-26-22(28)32-14-16-9-5-3-6-10-16/h3-12H,13-14H2,1-2H3,(H2,23,25)(H,24,30). The lowest BCUT2D eigenvalue weighted by molar-refractivity contribution is -0.116. The first-order valence-corrected chi connectivity index (χ1v) is 10.9. The Bertz CT molecular complexity index is 1290. The molecule has 2 aromatic carbocycles. The van der Waals surface area contributed by atoms with Crippen molar-refractivity contribution in [3.63, 3.8) is 0 Å². The van der Waals surface area contributed by atoms with Crippen molar-refractivity contribution >= 4 is 29.3 Å². The van der Waals surface area contributed by atoms with Crippen LogP contribution in [0.5, 0.6) is 0 Å². The number of thioether (sulfide) groups is 1. The fourth-order valence-corrected chi connectivity index (χ4v) is 4.21. The summed E-state index contributed by atoms with van der Waals surface area (Å²) in [5, 5.41) is 11.3. The lowest BCUT2D eigenvalue weighted by Gasteiger charge is -2.08. The molecule has 0 spiro atoms. The van der Waals surface area contributed by atoms with Crippen LogP contribution in [-0.2, 0) is 24.1 Å². The molecule has 2 heterocycles. The zero-order valence-electron chi connectivity index (χ0n) is 17.7. The molecular weight excluding hydrogens is 426 g/mol. The van der Waals surface area contributed by atoms with E-state index < -0.39 is 0 Å². The van der Waals surface area contributed by atoms with E-state index in [0.717, 1.165) is 5.56 Å². The normalized spacial score (nSPS) is 10.9. The molecule has 0 bridgehead atoms. The van der Waals surface area contributed by atoms with Crippen molar-refractivity contribution in [1.82, 2.24) is 24.1 Å². The number of amides is 1. The van der Waals surface area contributed by atoms with E-state index in [1.807, 2.05) is 60.7 Å². The van der Waals surface area contributed by atoms with Gasteiger partial charge in [0.15, 0.2) is 5.16 Å². The lowest BCUT2D eigenvalue weighted by Crippen LogP contribution is -2.25. The molecule has 0 aliphatic carbocycles. The van der Waals surface area contributed by atoms with Crippen molar-refractivity contribution < 1.29 is 4.79 Å². The van der Waals surface area contributed by atoms with Crippen LogP contribution in [0.1, 0.15) is 11.3 Å². The number of para-hydroxylation sites is 1. The highest BCUT2D eigenvalue weighted by atomic mass is 32.2. The second-order valence-corrected chi connectivity index (χ2v) is 8.13. The van der Waals surface area contributed by atoms with Gasteiger partial charge < -0.3 is 11.1 Å². The van der Waals surface area contributed by atoms with Gasteiger partial charge in [-0.1, -0.05) is 60.3 Å². The summed E-state index contributed by atoms with van der Waals surface area (Å²) < 4.78 is 4.76. The number of anilines is 2. The van der Waals surface area contributed by atoms with E-state index in [4.69, 9.17) is 5.73 Å². The molecule has 4 rings (SSSR count). The van der Waals surface area contributed by atoms with E-state index in [-0.39, 0.29) is 29.6 Å². The van der Waals surface area contributed by atoms with Gasteiger partial charge in [-0.2, -0.15) is 0 Å². The van der Waals surface area contributed by atoms with Crippen molar-refractivity contribution in [2.75, 3.05) is 11.1 Å². The van der Waals surface area contributed by atoms with E-state index in [1.165, 1.54) is 21.0 Å². The fraction of sp³-hybridized carbons (Fsp3) is 0.182. The number of nitrogens with zero attached hydrogens (tertiary/aromatic N) is 5. The van der Waals surface area contributed by atoms with Crippen molar-refractivity contribution in [3.05, 3.63) is 82.3 Å². The van der Waals surface area contributed by atoms with E-state index in [2.05, 4.69) is 15.5 Å². The maximum atomic E-state index is 13.0. The van der Waals surface area contributed by atoms with E-state index in [0.29, 0.717) is 22.3 Å². The molecule has 0 atom stereocenters. The highest BCUT2D eigenvalue weighted by Gasteiger charge is 2.20. The summed E-state index contributed by atoms with van der Waals surface area (Å²) in [5.41, 5.74) is 8.34. The topological polar surface area (TPSA) is 113 Å². The van der Waals surface area contributed by atoms with Gasteiger partial charge in [0, 0.05) is 12.8 Å². The summed E-state index contributed by atoms with van der Waals surface area (Å²) >= 11 is 1.44. The van der Waals surface area contributed by atoms with Crippen LogP contribution in [0, 0.1) is 6.92 Å². The zero-order chi connectivity index (χ0) is 22.7. The molecule has 32 heavy (non-hydrogen) atoms. The van der Waals surface area contributed by atoms with E-state index in [9.17, 15) is 9.59 Å². The maximum absolute atomic E-state index is 13.0. The predicted molar refractivity (Wildman–Crippen MR) is 125 cm³/mol. The molecule has 0 radical (unpaired) electrons. The van der Waals surface area contributed by atoms with Crippen LogP contribution in [0.25, 0.3) is 5.69 Å². The Labute approximate surface area is 188 Å². The third-order valence-electron chi connectivity index (χ3n) is 5.08. The maximum Gasteiger partial charge on any atom is 0.295 e. The van der Waals surface area contributed by atoms with Crippen LogP contribution in [0.3, 0.4) is 0 Å². The van der Waals surface area contributed by atoms with Gasteiger partial charge in [0.05, 0.1) is 11.4 Å². The summed E-state index contributed by atoms with van der Waals surface area (Å²) in [5.74, 6) is 0.423. The molecule has 0 fully saturated rings.